The van der Waals surface area contributed by atoms with Gasteiger partial charge in [-0.2, -0.15) is 0 Å². The van der Waals surface area contributed by atoms with E-state index in [0.717, 1.165) is 37.2 Å². The molecular formula is C34H44ClN7O5. The summed E-state index contributed by atoms with van der Waals surface area (Å²) in [6, 6.07) is 10.5. The topological polar surface area (TPSA) is 138 Å². The molecule has 6 rings (SSSR count). The molecule has 3 fully saturated rings. The van der Waals surface area contributed by atoms with E-state index in [4.69, 9.17) is 11.6 Å². The van der Waals surface area contributed by atoms with Crippen LogP contribution in [0.1, 0.15) is 56.9 Å². The van der Waals surface area contributed by atoms with Crippen LogP contribution in [-0.4, -0.2) is 106 Å². The molecule has 0 aromatic heterocycles. The maximum atomic E-state index is 13.9. The van der Waals surface area contributed by atoms with Crippen molar-refractivity contribution in [1.29, 1.82) is 0 Å². The Bertz CT molecular complexity index is 1450. The smallest absolute Gasteiger partial charge is 0.322 e. The Morgan fingerprint density at radius 2 is 1.57 bits per heavy atom. The zero-order chi connectivity index (χ0) is 32.9. The van der Waals surface area contributed by atoms with Crippen molar-refractivity contribution in [2.24, 2.45) is 0 Å². The number of urea groups is 2. The van der Waals surface area contributed by atoms with E-state index in [-0.39, 0.29) is 46.8 Å². The Hall–Kier alpha value is -4.03. The lowest BCUT2D eigenvalue weighted by molar-refractivity contribution is -0.140. The molecule has 2 aromatic rings. The van der Waals surface area contributed by atoms with Crippen LogP contribution in [0, 0.1) is 0 Å². The predicted octanol–water partition coefficient (Wildman–Crippen LogP) is 4.44. The molecule has 0 spiro atoms. The van der Waals surface area contributed by atoms with Crippen LogP contribution in [0.5, 0.6) is 5.75 Å². The van der Waals surface area contributed by atoms with Gasteiger partial charge in [0.05, 0.1) is 6.42 Å². The van der Waals surface area contributed by atoms with Crippen LogP contribution in [0.25, 0.3) is 0 Å². The number of likely N-dealkylation sites (tertiary alicyclic amines) is 3. The highest BCUT2D eigenvalue weighted by atomic mass is 35.5. The summed E-state index contributed by atoms with van der Waals surface area (Å²) in [7, 11) is 0. The number of piperidine rings is 3. The molecule has 4 aliphatic heterocycles. The summed E-state index contributed by atoms with van der Waals surface area (Å²) < 4.78 is 0. The molecule has 4 N–H and O–H groups in total. The number of anilines is 2. The van der Waals surface area contributed by atoms with Crippen LogP contribution in [0.15, 0.2) is 42.5 Å². The van der Waals surface area contributed by atoms with E-state index in [9.17, 15) is 24.3 Å². The van der Waals surface area contributed by atoms with Gasteiger partial charge in [-0.15, -0.1) is 0 Å². The second-order valence-corrected chi connectivity index (χ2v) is 13.5. The van der Waals surface area contributed by atoms with E-state index >= 15 is 0 Å². The zero-order valence-electron chi connectivity index (χ0n) is 26.6. The van der Waals surface area contributed by atoms with Gasteiger partial charge in [-0.1, -0.05) is 36.2 Å². The second kappa shape index (κ2) is 14.8. The van der Waals surface area contributed by atoms with Crippen LogP contribution in [-0.2, 0) is 16.1 Å². The molecule has 0 unspecified atom stereocenters. The highest BCUT2D eigenvalue weighted by Crippen LogP contribution is 2.28. The minimum Gasteiger partial charge on any atom is -0.508 e. The number of fused-ring (bicyclic) bond motifs is 1. The number of carbonyl (C=O) groups excluding carboxylic acids is 4. The molecule has 2 aromatic carbocycles. The maximum absolute atomic E-state index is 13.9. The summed E-state index contributed by atoms with van der Waals surface area (Å²) in [6.07, 6.45) is 6.48. The number of benzene rings is 2. The van der Waals surface area contributed by atoms with E-state index in [1.165, 1.54) is 37.5 Å². The number of rotatable bonds is 7. The lowest BCUT2D eigenvalue weighted by atomic mass is 9.98. The Morgan fingerprint density at radius 3 is 2.30 bits per heavy atom. The third-order valence-corrected chi connectivity index (χ3v) is 10.1. The minimum atomic E-state index is -1.07. The van der Waals surface area contributed by atoms with Crippen LogP contribution in [0.3, 0.4) is 0 Å². The van der Waals surface area contributed by atoms with E-state index in [1.54, 1.807) is 9.80 Å². The summed E-state index contributed by atoms with van der Waals surface area (Å²) in [5.41, 5.74) is 2.15. The first-order valence-corrected chi connectivity index (χ1v) is 17.1. The summed E-state index contributed by atoms with van der Waals surface area (Å²) in [5, 5.41) is 18.5. The molecule has 0 radical (unpaired) electrons. The monoisotopic (exact) mass is 665 g/mol. The fourth-order valence-corrected chi connectivity index (χ4v) is 7.60. The Balaban J connectivity index is 1.08. The number of phenolic OH excluding ortho intramolecular Hbond substituents is 1. The van der Waals surface area contributed by atoms with Gasteiger partial charge in [-0.05, 0) is 75.4 Å². The van der Waals surface area contributed by atoms with Gasteiger partial charge in [0.1, 0.15) is 11.8 Å². The summed E-state index contributed by atoms with van der Waals surface area (Å²) in [4.78, 5) is 61.3. The number of phenols is 1. The van der Waals surface area contributed by atoms with Crippen LogP contribution in [0.2, 0.25) is 5.02 Å². The van der Waals surface area contributed by atoms with Gasteiger partial charge in [0.2, 0.25) is 11.8 Å². The van der Waals surface area contributed by atoms with Crippen molar-refractivity contribution in [1.82, 2.24) is 24.9 Å². The SMILES string of the molecule is O=C(Nc1cc(O)cc(Cl)c1)N[C@@H](CC(=O)N1CCC(N2Cc3ccccc3NC2=O)CC1)C(=O)N1CCC(N2CCCCC2)CC1. The molecular weight excluding hydrogens is 622 g/mol. The number of hydrogen-bond donors (Lipinski definition) is 4. The quantitative estimate of drug-likeness (QED) is 0.345. The Kier molecular flexibility index (Phi) is 10.4. The fraction of sp³-hybridized carbons (Fsp3) is 0.529. The zero-order valence-corrected chi connectivity index (χ0v) is 27.4. The molecule has 0 bridgehead atoms. The molecule has 0 saturated carbocycles. The number of carbonyl (C=O) groups is 4. The van der Waals surface area contributed by atoms with Gasteiger partial charge in [0.15, 0.2) is 0 Å². The van der Waals surface area contributed by atoms with Gasteiger partial charge in [-0.3, -0.25) is 9.59 Å². The predicted molar refractivity (Wildman–Crippen MR) is 179 cm³/mol. The molecule has 4 aliphatic rings. The van der Waals surface area contributed by atoms with Crippen LogP contribution >= 0.6 is 11.6 Å². The largest absolute Gasteiger partial charge is 0.508 e. The summed E-state index contributed by atoms with van der Waals surface area (Å²) in [5.74, 6) is -0.612. The minimum absolute atomic E-state index is 0.0101. The highest BCUT2D eigenvalue weighted by Gasteiger charge is 2.36. The van der Waals surface area contributed by atoms with Crippen molar-refractivity contribution in [3.05, 3.63) is 53.1 Å². The van der Waals surface area contributed by atoms with Crippen molar-refractivity contribution in [2.75, 3.05) is 49.9 Å². The van der Waals surface area contributed by atoms with Gasteiger partial charge in [0.25, 0.3) is 0 Å². The maximum Gasteiger partial charge on any atom is 0.322 e. The number of halogens is 1. The average molecular weight is 666 g/mol. The molecule has 252 valence electrons. The highest BCUT2D eigenvalue weighted by molar-refractivity contribution is 6.31. The van der Waals surface area contributed by atoms with Gasteiger partial charge < -0.3 is 40.7 Å². The molecule has 3 saturated heterocycles. The van der Waals surface area contributed by atoms with E-state index in [1.807, 2.05) is 29.2 Å². The molecule has 6 amide bonds. The first-order chi connectivity index (χ1) is 22.7. The van der Waals surface area contributed by atoms with Gasteiger partial charge in [-0.25, -0.2) is 9.59 Å². The fourth-order valence-electron chi connectivity index (χ4n) is 7.38. The number of hydrogen-bond acceptors (Lipinski definition) is 6. The number of aromatic hydroxyl groups is 1. The first-order valence-electron chi connectivity index (χ1n) is 16.8. The van der Waals surface area contributed by atoms with Crippen molar-refractivity contribution in [3.8, 4) is 5.75 Å². The molecule has 13 heteroatoms. The summed E-state index contributed by atoms with van der Waals surface area (Å²) in [6.45, 7) is 4.77. The molecule has 1 atom stereocenters. The van der Waals surface area contributed by atoms with Gasteiger partial charge in [0, 0.05) is 67.3 Å². The third-order valence-electron chi connectivity index (χ3n) is 9.92. The van der Waals surface area contributed by atoms with Gasteiger partial charge >= 0.3 is 12.1 Å². The number of nitrogens with zero attached hydrogens (tertiary/aromatic N) is 4. The number of nitrogens with one attached hydrogen (secondary N) is 3. The average Bonchev–Trinajstić information content (AvgIpc) is 3.07. The Labute approximate surface area is 280 Å². The molecule has 47 heavy (non-hydrogen) atoms. The lowest BCUT2D eigenvalue weighted by Crippen LogP contribution is -2.56. The standard InChI is InChI=1S/C34H44ClN7O5/c35-24-18-25(20-28(43)19-24)36-33(46)37-30(32(45)41-16-8-26(9-17-41)39-12-4-1-5-13-39)21-31(44)40-14-10-27(11-15-40)42-22-23-6-2-3-7-29(23)38-34(42)47/h2-3,6-7,18-20,26-27,30,43H,1,4-5,8-17,21-22H2,(H,38,47)(H2,36,37,46)/t30-/m0/s1. The van der Waals surface area contributed by atoms with E-state index in [0.29, 0.717) is 51.6 Å². The third kappa shape index (κ3) is 8.10. The summed E-state index contributed by atoms with van der Waals surface area (Å²) >= 11 is 6.03. The number of para-hydroxylation sites is 1. The van der Waals surface area contributed by atoms with E-state index in [2.05, 4.69) is 20.9 Å². The van der Waals surface area contributed by atoms with Crippen molar-refractivity contribution < 1.29 is 24.3 Å². The Morgan fingerprint density at radius 1 is 0.894 bits per heavy atom. The van der Waals surface area contributed by atoms with E-state index < -0.39 is 12.1 Å². The molecule has 0 aliphatic carbocycles. The molecule has 12 nitrogen and oxygen atoms in total. The lowest BCUT2D eigenvalue weighted by Gasteiger charge is -2.41. The van der Waals surface area contributed by atoms with Crippen molar-refractivity contribution in [3.63, 3.8) is 0 Å². The first kappa shape index (κ1) is 32.9. The van der Waals surface area contributed by atoms with Crippen LogP contribution in [0.4, 0.5) is 21.0 Å². The van der Waals surface area contributed by atoms with Crippen molar-refractivity contribution >= 4 is 46.9 Å². The molecule has 4 heterocycles. The normalized spacial score (nSPS) is 20.3. The number of amides is 6. The van der Waals surface area contributed by atoms with Crippen LogP contribution < -0.4 is 16.0 Å². The second-order valence-electron chi connectivity index (χ2n) is 13.0. The van der Waals surface area contributed by atoms with Crippen molar-refractivity contribution in [2.45, 2.75) is 76.0 Å².